The Hall–Kier alpha value is -3.61. The summed E-state index contributed by atoms with van der Waals surface area (Å²) in [7, 11) is 0. The molecule has 0 aliphatic carbocycles. The molecule has 9 nitrogen and oxygen atoms in total. The van der Waals surface area contributed by atoms with Crippen molar-refractivity contribution in [2.45, 2.75) is 45.5 Å². The van der Waals surface area contributed by atoms with Gasteiger partial charge in [-0.1, -0.05) is 17.3 Å². The fourth-order valence-electron chi connectivity index (χ4n) is 4.36. The van der Waals surface area contributed by atoms with E-state index in [4.69, 9.17) is 5.73 Å². The first-order valence-electron chi connectivity index (χ1n) is 11.2. The standard InChI is InChI=1S/C22H23F4N9/c1-12(2)34-16-6-8-33(11-15(16)30-32-34)9-7-17-28-20-18(22(24,25)26)19(29-21(27)35(20)31-17)13-4-3-5-14(23)10-13/h3-5,10,12H,6-9,11H2,1-2H3,(H2,27,29). The molecule has 0 saturated carbocycles. The summed E-state index contributed by atoms with van der Waals surface area (Å²) >= 11 is 0. The van der Waals surface area contributed by atoms with Crippen LogP contribution in [0.2, 0.25) is 0 Å². The Balaban J connectivity index is 1.44. The number of nitrogens with two attached hydrogens (primary N) is 1. The molecule has 0 radical (unpaired) electrons. The number of nitrogen functional groups attached to an aromatic ring is 1. The Bertz CT molecular complexity index is 1390. The molecule has 5 rings (SSSR count). The first-order valence-corrected chi connectivity index (χ1v) is 11.2. The van der Waals surface area contributed by atoms with Crippen LogP contribution in [0.1, 0.15) is 42.7 Å². The predicted molar refractivity (Wildman–Crippen MR) is 119 cm³/mol. The highest BCUT2D eigenvalue weighted by Crippen LogP contribution is 2.39. The average molecular weight is 489 g/mol. The third-order valence-corrected chi connectivity index (χ3v) is 5.99. The smallest absolute Gasteiger partial charge is 0.368 e. The van der Waals surface area contributed by atoms with E-state index in [1.54, 1.807) is 0 Å². The summed E-state index contributed by atoms with van der Waals surface area (Å²) in [5, 5.41) is 12.7. The molecule has 0 saturated heterocycles. The van der Waals surface area contributed by atoms with Crippen molar-refractivity contribution in [3.8, 4) is 11.3 Å². The molecule has 4 aromatic rings. The molecule has 4 heterocycles. The predicted octanol–water partition coefficient (Wildman–Crippen LogP) is 3.30. The quantitative estimate of drug-likeness (QED) is 0.429. The number of alkyl halides is 3. The number of fused-ring (bicyclic) bond motifs is 2. The average Bonchev–Trinajstić information content (AvgIpc) is 3.41. The fourth-order valence-corrected chi connectivity index (χ4v) is 4.36. The van der Waals surface area contributed by atoms with Gasteiger partial charge in [0, 0.05) is 44.1 Å². The molecule has 2 N–H and O–H groups in total. The number of anilines is 1. The van der Waals surface area contributed by atoms with Gasteiger partial charge in [0.25, 0.3) is 0 Å². The summed E-state index contributed by atoms with van der Waals surface area (Å²) < 4.78 is 58.8. The third kappa shape index (κ3) is 4.31. The summed E-state index contributed by atoms with van der Waals surface area (Å²) in [5.41, 5.74) is 5.85. The highest BCUT2D eigenvalue weighted by Gasteiger charge is 2.39. The van der Waals surface area contributed by atoms with Gasteiger partial charge in [0.15, 0.2) is 11.5 Å². The van der Waals surface area contributed by atoms with Crippen LogP contribution in [0.25, 0.3) is 16.9 Å². The van der Waals surface area contributed by atoms with E-state index >= 15 is 0 Å². The van der Waals surface area contributed by atoms with E-state index in [1.807, 2.05) is 18.5 Å². The van der Waals surface area contributed by atoms with E-state index in [1.165, 1.54) is 12.1 Å². The van der Waals surface area contributed by atoms with E-state index < -0.39 is 28.9 Å². The zero-order valence-corrected chi connectivity index (χ0v) is 19.1. The minimum atomic E-state index is -4.81. The van der Waals surface area contributed by atoms with Gasteiger partial charge in [0.2, 0.25) is 5.95 Å². The SMILES string of the molecule is CC(C)n1nnc2c1CCN(CCc1nc3c(C(F)(F)F)c(-c4cccc(F)c4)nc(N)n3n1)C2. The zero-order chi connectivity index (χ0) is 24.9. The maximum atomic E-state index is 14.1. The van der Waals surface area contributed by atoms with Crippen LogP contribution in [-0.4, -0.2) is 52.6 Å². The molecule has 0 unspecified atom stereocenters. The topological polar surface area (TPSA) is 103 Å². The zero-order valence-electron chi connectivity index (χ0n) is 19.1. The van der Waals surface area contributed by atoms with Crippen LogP contribution in [0, 0.1) is 5.82 Å². The largest absolute Gasteiger partial charge is 0.422 e. The van der Waals surface area contributed by atoms with Crippen LogP contribution >= 0.6 is 0 Å². The lowest BCUT2D eigenvalue weighted by Crippen LogP contribution is -2.33. The Labute approximate surface area is 197 Å². The van der Waals surface area contributed by atoms with Crippen molar-refractivity contribution in [3.05, 3.63) is 52.9 Å². The summed E-state index contributed by atoms with van der Waals surface area (Å²) in [6, 6.07) is 4.99. The van der Waals surface area contributed by atoms with Crippen LogP contribution in [0.15, 0.2) is 24.3 Å². The van der Waals surface area contributed by atoms with E-state index in [0.29, 0.717) is 19.5 Å². The highest BCUT2D eigenvalue weighted by atomic mass is 19.4. The Morgan fingerprint density at radius 1 is 1.17 bits per heavy atom. The Kier molecular flexibility index (Phi) is 5.66. The molecule has 0 bridgehead atoms. The molecule has 13 heteroatoms. The van der Waals surface area contributed by atoms with E-state index in [0.717, 1.165) is 41.0 Å². The molecule has 1 aromatic carbocycles. The van der Waals surface area contributed by atoms with Crippen LogP contribution in [0.5, 0.6) is 0 Å². The van der Waals surface area contributed by atoms with E-state index in [-0.39, 0.29) is 23.4 Å². The Morgan fingerprint density at radius 2 is 1.97 bits per heavy atom. The monoisotopic (exact) mass is 489 g/mol. The highest BCUT2D eigenvalue weighted by molar-refractivity contribution is 5.72. The lowest BCUT2D eigenvalue weighted by Gasteiger charge is -2.26. The van der Waals surface area contributed by atoms with Gasteiger partial charge >= 0.3 is 6.18 Å². The molecular weight excluding hydrogens is 466 g/mol. The van der Waals surface area contributed by atoms with Crippen molar-refractivity contribution in [2.75, 3.05) is 18.8 Å². The number of halogens is 4. The third-order valence-electron chi connectivity index (χ3n) is 5.99. The normalized spacial score (nSPS) is 14.7. The molecule has 1 aliphatic heterocycles. The molecule has 0 atom stereocenters. The van der Waals surface area contributed by atoms with Gasteiger partial charge < -0.3 is 5.73 Å². The second-order valence-electron chi connectivity index (χ2n) is 8.76. The number of rotatable bonds is 5. The van der Waals surface area contributed by atoms with Crippen LogP contribution in [-0.2, 0) is 25.6 Å². The van der Waals surface area contributed by atoms with Gasteiger partial charge in [0.1, 0.15) is 11.4 Å². The van der Waals surface area contributed by atoms with Gasteiger partial charge in [-0.15, -0.1) is 10.2 Å². The molecule has 0 amide bonds. The van der Waals surface area contributed by atoms with Crippen LogP contribution in [0.3, 0.4) is 0 Å². The molecule has 184 valence electrons. The van der Waals surface area contributed by atoms with Gasteiger partial charge in [-0.2, -0.15) is 17.7 Å². The van der Waals surface area contributed by atoms with Gasteiger partial charge in [-0.25, -0.2) is 19.0 Å². The number of aromatic nitrogens is 7. The number of hydrogen-bond donors (Lipinski definition) is 1. The summed E-state index contributed by atoms with van der Waals surface area (Å²) in [6.45, 7) is 5.98. The molecular formula is C22H23F4N9. The van der Waals surface area contributed by atoms with E-state index in [9.17, 15) is 17.6 Å². The lowest BCUT2D eigenvalue weighted by atomic mass is 10.1. The fraction of sp³-hybridized carbons (Fsp3) is 0.409. The maximum Gasteiger partial charge on any atom is 0.422 e. The summed E-state index contributed by atoms with van der Waals surface area (Å²) in [4.78, 5) is 10.2. The molecule has 35 heavy (non-hydrogen) atoms. The molecule has 1 aliphatic rings. The minimum absolute atomic E-state index is 0.0466. The summed E-state index contributed by atoms with van der Waals surface area (Å²) in [5.74, 6) is -0.743. The summed E-state index contributed by atoms with van der Waals surface area (Å²) in [6.07, 6.45) is -3.72. The van der Waals surface area contributed by atoms with Crippen molar-refractivity contribution in [3.63, 3.8) is 0 Å². The first kappa shape index (κ1) is 23.1. The van der Waals surface area contributed by atoms with Crippen LogP contribution < -0.4 is 5.73 Å². The van der Waals surface area contributed by atoms with Crippen molar-refractivity contribution in [1.29, 1.82) is 0 Å². The van der Waals surface area contributed by atoms with Crippen molar-refractivity contribution in [1.82, 2.24) is 39.5 Å². The minimum Gasteiger partial charge on any atom is -0.368 e. The molecule has 0 fully saturated rings. The van der Waals surface area contributed by atoms with Gasteiger partial charge in [-0.05, 0) is 26.0 Å². The van der Waals surface area contributed by atoms with Crippen molar-refractivity contribution < 1.29 is 17.6 Å². The van der Waals surface area contributed by atoms with Gasteiger partial charge in [-0.3, -0.25) is 4.90 Å². The van der Waals surface area contributed by atoms with Crippen LogP contribution in [0.4, 0.5) is 23.5 Å². The molecule has 0 spiro atoms. The van der Waals surface area contributed by atoms with Crippen molar-refractivity contribution >= 4 is 11.6 Å². The van der Waals surface area contributed by atoms with Crippen molar-refractivity contribution in [2.24, 2.45) is 0 Å². The second-order valence-corrected chi connectivity index (χ2v) is 8.76. The first-order chi connectivity index (χ1) is 16.6. The molecule has 3 aromatic heterocycles. The number of hydrogen-bond acceptors (Lipinski definition) is 7. The Morgan fingerprint density at radius 3 is 2.69 bits per heavy atom. The maximum absolute atomic E-state index is 14.1. The van der Waals surface area contributed by atoms with Gasteiger partial charge in [0.05, 0.1) is 17.1 Å². The number of benzene rings is 1. The number of nitrogens with zero attached hydrogens (tertiary/aromatic N) is 8. The van der Waals surface area contributed by atoms with E-state index in [2.05, 4.69) is 30.3 Å². The lowest BCUT2D eigenvalue weighted by molar-refractivity contribution is -0.136. The second kappa shape index (κ2) is 8.56.